The molecule has 13 heavy (non-hydrogen) atoms. The zero-order chi connectivity index (χ0) is 9.68. The number of hydrogen-bond acceptors (Lipinski definition) is 3. The van der Waals surface area contributed by atoms with Crippen LogP contribution in [-0.4, -0.2) is 17.7 Å². The summed E-state index contributed by atoms with van der Waals surface area (Å²) in [5.74, 6) is 0.743. The summed E-state index contributed by atoms with van der Waals surface area (Å²) in [5.41, 5.74) is 0.726. The molecule has 5 nitrogen and oxygen atoms in total. The Bertz CT molecular complexity index is 283. The van der Waals surface area contributed by atoms with Crippen LogP contribution in [0.4, 0.5) is 4.79 Å². The zero-order valence-electron chi connectivity index (χ0n) is 7.76. The second-order valence-electron chi connectivity index (χ2n) is 2.64. The Morgan fingerprint density at radius 2 is 2.38 bits per heavy atom. The third kappa shape index (κ3) is 3.14. The highest BCUT2D eigenvalue weighted by Crippen LogP contribution is 1.99. The van der Waals surface area contributed by atoms with Gasteiger partial charge >= 0.3 is 6.03 Å². The van der Waals surface area contributed by atoms with Crippen LogP contribution >= 0.6 is 0 Å². The summed E-state index contributed by atoms with van der Waals surface area (Å²) in [6.45, 7) is 4.68. The SMILES string of the molecule is CCNC(=O)NCc1cc(C)on1. The number of hydrogen-bond donors (Lipinski definition) is 2. The third-order valence-electron chi connectivity index (χ3n) is 1.44. The minimum absolute atomic E-state index is 0.192. The molecule has 2 N–H and O–H groups in total. The predicted molar refractivity (Wildman–Crippen MR) is 47.2 cm³/mol. The summed E-state index contributed by atoms with van der Waals surface area (Å²) in [5, 5.41) is 8.99. The van der Waals surface area contributed by atoms with Crippen molar-refractivity contribution in [3.8, 4) is 0 Å². The highest BCUT2D eigenvalue weighted by Gasteiger charge is 2.01. The topological polar surface area (TPSA) is 67.2 Å². The summed E-state index contributed by atoms with van der Waals surface area (Å²) >= 11 is 0. The molecule has 0 saturated carbocycles. The Hall–Kier alpha value is -1.52. The Kier molecular flexibility index (Phi) is 3.31. The molecule has 0 aromatic carbocycles. The molecule has 1 heterocycles. The van der Waals surface area contributed by atoms with E-state index in [1.54, 1.807) is 6.07 Å². The van der Waals surface area contributed by atoms with Crippen LogP contribution in [0.2, 0.25) is 0 Å². The van der Waals surface area contributed by atoms with Gasteiger partial charge in [0, 0.05) is 12.6 Å². The van der Waals surface area contributed by atoms with Gasteiger partial charge in [-0.3, -0.25) is 0 Å². The fourth-order valence-electron chi connectivity index (χ4n) is 0.895. The van der Waals surface area contributed by atoms with Crippen molar-refractivity contribution in [2.24, 2.45) is 0 Å². The van der Waals surface area contributed by atoms with E-state index < -0.39 is 0 Å². The lowest BCUT2D eigenvalue weighted by molar-refractivity contribution is 0.240. The maximum atomic E-state index is 10.9. The highest BCUT2D eigenvalue weighted by molar-refractivity contribution is 5.73. The van der Waals surface area contributed by atoms with Crippen LogP contribution in [0.1, 0.15) is 18.4 Å². The Morgan fingerprint density at radius 1 is 1.62 bits per heavy atom. The fourth-order valence-corrected chi connectivity index (χ4v) is 0.895. The number of rotatable bonds is 3. The minimum atomic E-state index is -0.192. The summed E-state index contributed by atoms with van der Waals surface area (Å²) < 4.78 is 4.84. The normalized spacial score (nSPS) is 9.69. The van der Waals surface area contributed by atoms with Crippen molar-refractivity contribution in [3.63, 3.8) is 0 Å². The number of aryl methyl sites for hydroxylation is 1. The van der Waals surface area contributed by atoms with Gasteiger partial charge in [-0.1, -0.05) is 5.16 Å². The molecule has 1 rings (SSSR count). The average molecular weight is 183 g/mol. The molecule has 1 aromatic rings. The Morgan fingerprint density at radius 3 is 2.92 bits per heavy atom. The largest absolute Gasteiger partial charge is 0.361 e. The molecule has 2 amide bonds. The van der Waals surface area contributed by atoms with E-state index in [2.05, 4.69) is 15.8 Å². The lowest BCUT2D eigenvalue weighted by atomic mass is 10.4. The molecular formula is C8H13N3O2. The molecule has 0 fully saturated rings. The van der Waals surface area contributed by atoms with E-state index >= 15 is 0 Å². The van der Waals surface area contributed by atoms with Gasteiger partial charge in [0.05, 0.1) is 6.54 Å². The van der Waals surface area contributed by atoms with Crippen molar-refractivity contribution >= 4 is 6.03 Å². The van der Waals surface area contributed by atoms with Crippen LogP contribution in [-0.2, 0) is 6.54 Å². The lowest BCUT2D eigenvalue weighted by Gasteiger charge is -2.02. The van der Waals surface area contributed by atoms with Crippen molar-refractivity contribution in [1.29, 1.82) is 0 Å². The molecule has 0 unspecified atom stereocenters. The molecule has 72 valence electrons. The number of carbonyl (C=O) groups is 1. The summed E-state index contributed by atoms with van der Waals surface area (Å²) in [6, 6.07) is 1.59. The Balaban J connectivity index is 2.30. The van der Waals surface area contributed by atoms with Gasteiger partial charge in [0.15, 0.2) is 0 Å². The van der Waals surface area contributed by atoms with Crippen molar-refractivity contribution in [1.82, 2.24) is 15.8 Å². The van der Waals surface area contributed by atoms with Crippen LogP contribution in [0.5, 0.6) is 0 Å². The maximum Gasteiger partial charge on any atom is 0.315 e. The number of amides is 2. The molecule has 0 bridgehead atoms. The molecule has 0 aliphatic rings. The minimum Gasteiger partial charge on any atom is -0.361 e. The van der Waals surface area contributed by atoms with Gasteiger partial charge < -0.3 is 15.2 Å². The Labute approximate surface area is 76.5 Å². The number of nitrogens with one attached hydrogen (secondary N) is 2. The van der Waals surface area contributed by atoms with E-state index in [9.17, 15) is 4.79 Å². The van der Waals surface area contributed by atoms with Gasteiger partial charge in [0.25, 0.3) is 0 Å². The number of urea groups is 1. The predicted octanol–water partition coefficient (Wildman–Crippen LogP) is 0.802. The molecule has 0 radical (unpaired) electrons. The van der Waals surface area contributed by atoms with Crippen LogP contribution in [0.25, 0.3) is 0 Å². The summed E-state index contributed by atoms with van der Waals surface area (Å²) in [4.78, 5) is 10.9. The molecular weight excluding hydrogens is 170 g/mol. The smallest absolute Gasteiger partial charge is 0.315 e. The van der Waals surface area contributed by atoms with Gasteiger partial charge in [-0.15, -0.1) is 0 Å². The highest BCUT2D eigenvalue weighted by atomic mass is 16.5. The summed E-state index contributed by atoms with van der Waals surface area (Å²) in [6.07, 6.45) is 0. The van der Waals surface area contributed by atoms with Gasteiger partial charge in [-0.25, -0.2) is 4.79 Å². The lowest BCUT2D eigenvalue weighted by Crippen LogP contribution is -2.34. The van der Waals surface area contributed by atoms with E-state index in [-0.39, 0.29) is 6.03 Å². The quantitative estimate of drug-likeness (QED) is 0.728. The van der Waals surface area contributed by atoms with Gasteiger partial charge in [0.1, 0.15) is 11.5 Å². The summed E-state index contributed by atoms with van der Waals surface area (Å²) in [7, 11) is 0. The van der Waals surface area contributed by atoms with Crippen LogP contribution in [0.3, 0.4) is 0 Å². The average Bonchev–Trinajstić information content (AvgIpc) is 2.49. The molecule has 0 aliphatic carbocycles. The molecule has 0 spiro atoms. The third-order valence-corrected chi connectivity index (χ3v) is 1.44. The first-order valence-electron chi connectivity index (χ1n) is 4.16. The number of carbonyl (C=O) groups excluding carboxylic acids is 1. The second kappa shape index (κ2) is 4.49. The number of nitrogens with zero attached hydrogens (tertiary/aromatic N) is 1. The maximum absolute atomic E-state index is 10.9. The molecule has 0 atom stereocenters. The van der Waals surface area contributed by atoms with E-state index in [1.807, 2.05) is 13.8 Å². The van der Waals surface area contributed by atoms with E-state index in [0.29, 0.717) is 13.1 Å². The monoisotopic (exact) mass is 183 g/mol. The van der Waals surface area contributed by atoms with Gasteiger partial charge in [-0.05, 0) is 13.8 Å². The van der Waals surface area contributed by atoms with Crippen LogP contribution < -0.4 is 10.6 Å². The van der Waals surface area contributed by atoms with Gasteiger partial charge in [0.2, 0.25) is 0 Å². The second-order valence-corrected chi connectivity index (χ2v) is 2.64. The van der Waals surface area contributed by atoms with Crippen molar-refractivity contribution in [2.45, 2.75) is 20.4 Å². The van der Waals surface area contributed by atoms with Crippen molar-refractivity contribution < 1.29 is 9.32 Å². The van der Waals surface area contributed by atoms with E-state index in [4.69, 9.17) is 4.52 Å². The van der Waals surface area contributed by atoms with E-state index in [1.165, 1.54) is 0 Å². The van der Waals surface area contributed by atoms with Crippen molar-refractivity contribution in [3.05, 3.63) is 17.5 Å². The molecule has 0 aliphatic heterocycles. The molecule has 1 aromatic heterocycles. The standard InChI is InChI=1S/C8H13N3O2/c1-3-9-8(12)10-5-7-4-6(2)13-11-7/h4H,3,5H2,1-2H3,(H2,9,10,12). The molecule has 0 saturated heterocycles. The first-order chi connectivity index (χ1) is 6.22. The van der Waals surface area contributed by atoms with Crippen molar-refractivity contribution in [2.75, 3.05) is 6.54 Å². The van der Waals surface area contributed by atoms with Gasteiger partial charge in [-0.2, -0.15) is 0 Å². The first kappa shape index (κ1) is 9.57. The van der Waals surface area contributed by atoms with E-state index in [0.717, 1.165) is 11.5 Å². The van der Waals surface area contributed by atoms with Crippen LogP contribution in [0.15, 0.2) is 10.6 Å². The zero-order valence-corrected chi connectivity index (χ0v) is 7.76. The first-order valence-corrected chi connectivity index (χ1v) is 4.16. The molecule has 5 heteroatoms. The van der Waals surface area contributed by atoms with Crippen LogP contribution in [0, 0.1) is 6.92 Å². The fraction of sp³-hybridized carbons (Fsp3) is 0.500. The number of aromatic nitrogens is 1.